The Morgan fingerprint density at radius 2 is 2.13 bits per heavy atom. The minimum absolute atomic E-state index is 0.00507. The molecule has 0 bridgehead atoms. The molecule has 2 heteroatoms. The number of nitrogens with two attached hydrogens (primary N) is 1. The summed E-state index contributed by atoms with van der Waals surface area (Å²) in [6, 6.07) is 10.3. The molecule has 1 aliphatic rings. The van der Waals surface area contributed by atoms with Crippen LogP contribution in [0.2, 0.25) is 0 Å². The van der Waals surface area contributed by atoms with Crippen LogP contribution < -0.4 is 5.73 Å². The second-order valence-electron chi connectivity index (χ2n) is 4.51. The first-order valence-corrected chi connectivity index (χ1v) is 5.51. The van der Waals surface area contributed by atoms with E-state index in [1.165, 1.54) is 5.56 Å². The highest BCUT2D eigenvalue weighted by molar-refractivity contribution is 5.85. The van der Waals surface area contributed by atoms with Gasteiger partial charge in [0, 0.05) is 18.4 Å². The van der Waals surface area contributed by atoms with Crippen LogP contribution in [0.3, 0.4) is 0 Å². The van der Waals surface area contributed by atoms with Crippen LogP contribution in [0.1, 0.15) is 31.2 Å². The van der Waals surface area contributed by atoms with E-state index < -0.39 is 0 Å². The lowest BCUT2D eigenvalue weighted by Crippen LogP contribution is -2.20. The number of benzene rings is 1. The summed E-state index contributed by atoms with van der Waals surface area (Å²) in [6.45, 7) is 1.89. The minimum Gasteiger partial charge on any atom is -0.328 e. The van der Waals surface area contributed by atoms with Crippen LogP contribution in [0.5, 0.6) is 0 Å². The minimum atomic E-state index is -0.00507. The fourth-order valence-electron chi connectivity index (χ4n) is 2.09. The Hall–Kier alpha value is -1.15. The normalized spacial score (nSPS) is 26.0. The summed E-state index contributed by atoms with van der Waals surface area (Å²) in [5.41, 5.74) is 6.91. The van der Waals surface area contributed by atoms with Crippen molar-refractivity contribution in [3.63, 3.8) is 0 Å². The average molecular weight is 203 g/mol. The highest BCUT2D eigenvalue weighted by Gasteiger charge is 2.43. The van der Waals surface area contributed by atoms with Crippen molar-refractivity contribution in [3.05, 3.63) is 35.9 Å². The molecule has 1 aromatic rings. The molecule has 1 aromatic carbocycles. The van der Waals surface area contributed by atoms with Gasteiger partial charge in [-0.3, -0.25) is 4.79 Å². The Morgan fingerprint density at radius 3 is 2.73 bits per heavy atom. The Balaban J connectivity index is 1.94. The molecule has 0 heterocycles. The molecule has 0 aromatic heterocycles. The molecule has 0 saturated heterocycles. The first kappa shape index (κ1) is 10.4. The maximum Gasteiger partial charge on any atom is 0.138 e. The predicted octanol–water partition coefficient (Wildman–Crippen LogP) is 2.10. The zero-order valence-electron chi connectivity index (χ0n) is 9.02. The highest BCUT2D eigenvalue weighted by atomic mass is 16.1. The van der Waals surface area contributed by atoms with Crippen LogP contribution in [0.4, 0.5) is 0 Å². The third-order valence-corrected chi connectivity index (χ3v) is 2.95. The Labute approximate surface area is 90.5 Å². The number of rotatable bonds is 4. The molecule has 2 N–H and O–H groups in total. The number of carbonyl (C=O) groups excluding carboxylic acids is 1. The van der Waals surface area contributed by atoms with E-state index in [9.17, 15) is 4.79 Å². The van der Waals surface area contributed by atoms with Crippen LogP contribution in [0, 0.1) is 5.92 Å². The summed E-state index contributed by atoms with van der Waals surface area (Å²) in [5, 5.41) is 0. The summed E-state index contributed by atoms with van der Waals surface area (Å²) in [7, 11) is 0. The quantitative estimate of drug-likeness (QED) is 0.814. The molecule has 2 nitrogen and oxygen atoms in total. The van der Waals surface area contributed by atoms with E-state index in [0.29, 0.717) is 18.1 Å². The standard InChI is InChI=1S/C13H17NO/c1-9(14)7-13(15)12-8-11(12)10-5-3-2-4-6-10/h2-6,9,11-12H,7-8,14H2,1H3. The highest BCUT2D eigenvalue weighted by Crippen LogP contribution is 2.48. The molecule has 15 heavy (non-hydrogen) atoms. The predicted molar refractivity (Wildman–Crippen MR) is 60.6 cm³/mol. The lowest BCUT2D eigenvalue weighted by Gasteiger charge is -2.03. The Morgan fingerprint density at radius 1 is 1.47 bits per heavy atom. The fourth-order valence-corrected chi connectivity index (χ4v) is 2.09. The Kier molecular flexibility index (Phi) is 2.87. The smallest absolute Gasteiger partial charge is 0.138 e. The number of hydrogen-bond donors (Lipinski definition) is 1. The van der Waals surface area contributed by atoms with Crippen molar-refractivity contribution in [2.45, 2.75) is 31.7 Å². The second-order valence-corrected chi connectivity index (χ2v) is 4.51. The zero-order chi connectivity index (χ0) is 10.8. The van der Waals surface area contributed by atoms with Gasteiger partial charge in [-0.25, -0.2) is 0 Å². The van der Waals surface area contributed by atoms with Gasteiger partial charge in [0.25, 0.3) is 0 Å². The average Bonchev–Trinajstić information content (AvgIpc) is 2.97. The Bertz CT molecular complexity index is 345. The summed E-state index contributed by atoms with van der Waals surface area (Å²) in [6.07, 6.45) is 1.53. The van der Waals surface area contributed by atoms with Crippen LogP contribution in [0.25, 0.3) is 0 Å². The zero-order valence-corrected chi connectivity index (χ0v) is 9.02. The maximum absolute atomic E-state index is 11.7. The molecule has 1 aliphatic carbocycles. The van der Waals surface area contributed by atoms with E-state index >= 15 is 0 Å². The molecular formula is C13H17NO. The molecule has 0 aliphatic heterocycles. The molecule has 0 spiro atoms. The number of carbonyl (C=O) groups is 1. The van der Waals surface area contributed by atoms with Gasteiger partial charge in [0.2, 0.25) is 0 Å². The van der Waals surface area contributed by atoms with Crippen molar-refractivity contribution < 1.29 is 4.79 Å². The monoisotopic (exact) mass is 203 g/mol. The molecule has 3 atom stereocenters. The van der Waals surface area contributed by atoms with E-state index in [4.69, 9.17) is 5.73 Å². The fraction of sp³-hybridized carbons (Fsp3) is 0.462. The van der Waals surface area contributed by atoms with Crippen molar-refractivity contribution >= 4 is 5.78 Å². The summed E-state index contributed by atoms with van der Waals surface area (Å²) < 4.78 is 0. The molecule has 0 radical (unpaired) electrons. The van der Waals surface area contributed by atoms with E-state index in [1.54, 1.807) is 0 Å². The lowest BCUT2D eigenvalue weighted by atomic mass is 10.0. The number of Topliss-reactive ketones (excluding diaryl/α,β-unsaturated/α-hetero) is 1. The van der Waals surface area contributed by atoms with Crippen LogP contribution in [-0.2, 0) is 4.79 Å². The van der Waals surface area contributed by atoms with Gasteiger partial charge in [-0.1, -0.05) is 30.3 Å². The van der Waals surface area contributed by atoms with Crippen molar-refractivity contribution in [1.82, 2.24) is 0 Å². The first-order valence-electron chi connectivity index (χ1n) is 5.51. The molecule has 0 amide bonds. The van der Waals surface area contributed by atoms with Gasteiger partial charge in [-0.15, -0.1) is 0 Å². The first-order chi connectivity index (χ1) is 7.18. The molecule has 1 fully saturated rings. The van der Waals surface area contributed by atoms with E-state index in [-0.39, 0.29) is 12.0 Å². The molecule has 2 rings (SSSR count). The largest absolute Gasteiger partial charge is 0.328 e. The van der Waals surface area contributed by atoms with Gasteiger partial charge in [0.15, 0.2) is 0 Å². The number of hydrogen-bond acceptors (Lipinski definition) is 2. The van der Waals surface area contributed by atoms with Crippen LogP contribution in [0.15, 0.2) is 30.3 Å². The van der Waals surface area contributed by atoms with Crippen molar-refractivity contribution in [2.24, 2.45) is 11.7 Å². The topological polar surface area (TPSA) is 43.1 Å². The SMILES string of the molecule is CC(N)CC(=O)C1CC1c1ccccc1. The van der Waals surface area contributed by atoms with Gasteiger partial charge >= 0.3 is 0 Å². The van der Waals surface area contributed by atoms with Gasteiger partial charge < -0.3 is 5.73 Å². The second kappa shape index (κ2) is 4.15. The van der Waals surface area contributed by atoms with Crippen LogP contribution >= 0.6 is 0 Å². The lowest BCUT2D eigenvalue weighted by molar-refractivity contribution is -0.120. The summed E-state index contributed by atoms with van der Waals surface area (Å²) in [5.74, 6) is 1.02. The molecular weight excluding hydrogens is 186 g/mol. The van der Waals surface area contributed by atoms with Gasteiger partial charge in [-0.05, 0) is 24.8 Å². The van der Waals surface area contributed by atoms with Gasteiger partial charge in [0.1, 0.15) is 5.78 Å². The van der Waals surface area contributed by atoms with Crippen molar-refractivity contribution in [2.75, 3.05) is 0 Å². The van der Waals surface area contributed by atoms with E-state index in [0.717, 1.165) is 6.42 Å². The molecule has 80 valence electrons. The van der Waals surface area contributed by atoms with E-state index in [2.05, 4.69) is 12.1 Å². The van der Waals surface area contributed by atoms with Crippen molar-refractivity contribution in [1.29, 1.82) is 0 Å². The van der Waals surface area contributed by atoms with Crippen molar-refractivity contribution in [3.8, 4) is 0 Å². The summed E-state index contributed by atoms with van der Waals surface area (Å²) >= 11 is 0. The maximum atomic E-state index is 11.7. The van der Waals surface area contributed by atoms with Crippen LogP contribution in [-0.4, -0.2) is 11.8 Å². The molecule has 1 saturated carbocycles. The number of ketones is 1. The third kappa shape index (κ3) is 2.45. The third-order valence-electron chi connectivity index (χ3n) is 2.95. The summed E-state index contributed by atoms with van der Waals surface area (Å²) in [4.78, 5) is 11.7. The van der Waals surface area contributed by atoms with Gasteiger partial charge in [0.05, 0.1) is 0 Å². The van der Waals surface area contributed by atoms with E-state index in [1.807, 2.05) is 25.1 Å². The van der Waals surface area contributed by atoms with Gasteiger partial charge in [-0.2, -0.15) is 0 Å². The molecule has 3 unspecified atom stereocenters.